The highest BCUT2D eigenvalue weighted by Gasteiger charge is 2.33. The number of rotatable bonds is 2. The molecule has 0 amide bonds. The maximum Gasteiger partial charge on any atom is 0.118 e. The van der Waals surface area contributed by atoms with Gasteiger partial charge in [0.25, 0.3) is 0 Å². The van der Waals surface area contributed by atoms with Gasteiger partial charge in [-0.1, -0.05) is 12.1 Å². The van der Waals surface area contributed by atoms with Gasteiger partial charge in [0.05, 0.1) is 12.6 Å². The second kappa shape index (κ2) is 3.01. The number of nitrogens with one attached hydrogen (secondary N) is 1. The lowest BCUT2D eigenvalue weighted by Crippen LogP contribution is -2.62. The van der Waals surface area contributed by atoms with E-state index < -0.39 is 0 Å². The van der Waals surface area contributed by atoms with Crippen LogP contribution in [0.3, 0.4) is 0 Å². The van der Waals surface area contributed by atoms with Crippen LogP contribution in [0.15, 0.2) is 24.3 Å². The number of hydrogen-bond acceptors (Lipinski definition) is 3. The van der Waals surface area contributed by atoms with Gasteiger partial charge < -0.3 is 15.8 Å². The lowest BCUT2D eigenvalue weighted by atomic mass is 9.85. The van der Waals surface area contributed by atoms with E-state index in [1.54, 1.807) is 7.11 Å². The Labute approximate surface area is 77.9 Å². The van der Waals surface area contributed by atoms with E-state index in [1.165, 1.54) is 5.56 Å². The molecule has 0 spiro atoms. The van der Waals surface area contributed by atoms with Gasteiger partial charge in [0.2, 0.25) is 0 Å². The number of nitrogens with two attached hydrogens (primary N) is 1. The number of benzene rings is 1. The van der Waals surface area contributed by atoms with Crippen molar-refractivity contribution < 1.29 is 4.74 Å². The van der Waals surface area contributed by atoms with Gasteiger partial charge in [-0.2, -0.15) is 0 Å². The van der Waals surface area contributed by atoms with E-state index >= 15 is 0 Å². The monoisotopic (exact) mass is 178 g/mol. The normalized spacial score (nSPS) is 19.2. The van der Waals surface area contributed by atoms with Gasteiger partial charge in [-0.05, 0) is 17.7 Å². The predicted octanol–water partition coefficient (Wildman–Crippen LogP) is 0.452. The molecule has 1 aliphatic heterocycles. The molecule has 0 unspecified atom stereocenters. The predicted molar refractivity (Wildman–Crippen MR) is 51.7 cm³/mol. The summed E-state index contributed by atoms with van der Waals surface area (Å²) in [6.07, 6.45) is 0. The minimum atomic E-state index is -0.160. The molecule has 0 radical (unpaired) electrons. The van der Waals surface area contributed by atoms with Crippen LogP contribution < -0.4 is 15.8 Å². The third-order valence-corrected chi connectivity index (χ3v) is 2.55. The zero-order chi connectivity index (χ0) is 9.31. The molecule has 2 rings (SSSR count). The topological polar surface area (TPSA) is 47.3 Å². The smallest absolute Gasteiger partial charge is 0.118 e. The Morgan fingerprint density at radius 2 is 1.92 bits per heavy atom. The van der Waals surface area contributed by atoms with E-state index in [4.69, 9.17) is 10.5 Å². The van der Waals surface area contributed by atoms with Gasteiger partial charge in [-0.3, -0.25) is 0 Å². The summed E-state index contributed by atoms with van der Waals surface area (Å²) in [6.45, 7) is 1.72. The van der Waals surface area contributed by atoms with Crippen molar-refractivity contribution in [3.63, 3.8) is 0 Å². The third-order valence-electron chi connectivity index (χ3n) is 2.55. The minimum absolute atomic E-state index is 0.160. The molecule has 0 saturated carbocycles. The van der Waals surface area contributed by atoms with Crippen LogP contribution in [0.1, 0.15) is 5.56 Å². The first kappa shape index (κ1) is 8.53. The summed E-state index contributed by atoms with van der Waals surface area (Å²) in [6, 6.07) is 7.95. The summed E-state index contributed by atoms with van der Waals surface area (Å²) in [7, 11) is 1.66. The molecule has 0 aromatic heterocycles. The van der Waals surface area contributed by atoms with E-state index in [0.717, 1.165) is 18.8 Å². The largest absolute Gasteiger partial charge is 0.497 e. The van der Waals surface area contributed by atoms with Gasteiger partial charge in [0.1, 0.15) is 5.75 Å². The van der Waals surface area contributed by atoms with Crippen LogP contribution in [0.4, 0.5) is 0 Å². The van der Waals surface area contributed by atoms with Crippen LogP contribution in [0.2, 0.25) is 0 Å². The summed E-state index contributed by atoms with van der Waals surface area (Å²) in [4.78, 5) is 0. The maximum atomic E-state index is 6.11. The lowest BCUT2D eigenvalue weighted by molar-refractivity contribution is 0.287. The fourth-order valence-electron chi connectivity index (χ4n) is 1.52. The fraction of sp³-hybridized carbons (Fsp3) is 0.400. The first-order valence-electron chi connectivity index (χ1n) is 4.39. The third kappa shape index (κ3) is 1.41. The van der Waals surface area contributed by atoms with Crippen molar-refractivity contribution in [2.45, 2.75) is 5.54 Å². The molecule has 0 atom stereocenters. The maximum absolute atomic E-state index is 6.11. The molecular formula is C10H14N2O. The van der Waals surface area contributed by atoms with Crippen molar-refractivity contribution in [1.29, 1.82) is 0 Å². The molecule has 3 N–H and O–H groups in total. The Hall–Kier alpha value is -1.06. The molecule has 0 bridgehead atoms. The zero-order valence-electron chi connectivity index (χ0n) is 7.71. The van der Waals surface area contributed by atoms with Crippen molar-refractivity contribution in [2.24, 2.45) is 5.73 Å². The van der Waals surface area contributed by atoms with Gasteiger partial charge in [0.15, 0.2) is 0 Å². The van der Waals surface area contributed by atoms with E-state index in [-0.39, 0.29) is 5.54 Å². The van der Waals surface area contributed by atoms with Gasteiger partial charge in [-0.15, -0.1) is 0 Å². The van der Waals surface area contributed by atoms with Crippen LogP contribution >= 0.6 is 0 Å². The molecule has 13 heavy (non-hydrogen) atoms. The summed E-state index contributed by atoms with van der Waals surface area (Å²) in [5.41, 5.74) is 7.13. The summed E-state index contributed by atoms with van der Waals surface area (Å²) in [5.74, 6) is 0.875. The summed E-state index contributed by atoms with van der Waals surface area (Å²) >= 11 is 0. The van der Waals surface area contributed by atoms with Crippen molar-refractivity contribution in [1.82, 2.24) is 5.32 Å². The Morgan fingerprint density at radius 1 is 1.31 bits per heavy atom. The first-order valence-corrected chi connectivity index (χ1v) is 4.39. The molecular weight excluding hydrogens is 164 g/mol. The highest BCUT2D eigenvalue weighted by atomic mass is 16.5. The van der Waals surface area contributed by atoms with Gasteiger partial charge in [0, 0.05) is 13.1 Å². The Morgan fingerprint density at radius 3 is 2.31 bits per heavy atom. The number of methoxy groups -OCH3 is 1. The number of hydrogen-bond donors (Lipinski definition) is 2. The van der Waals surface area contributed by atoms with Crippen LogP contribution in [0.25, 0.3) is 0 Å². The molecule has 70 valence electrons. The van der Waals surface area contributed by atoms with Gasteiger partial charge in [-0.25, -0.2) is 0 Å². The molecule has 1 heterocycles. The highest BCUT2D eigenvalue weighted by Crippen LogP contribution is 2.24. The lowest BCUT2D eigenvalue weighted by Gasteiger charge is -2.39. The standard InChI is InChI=1S/C10H14N2O/c1-13-9-4-2-8(3-5-9)10(11)6-12-7-10/h2-5,12H,6-7,11H2,1H3. The van der Waals surface area contributed by atoms with Crippen LogP contribution in [0.5, 0.6) is 5.75 Å². The average molecular weight is 178 g/mol. The summed E-state index contributed by atoms with van der Waals surface area (Å²) in [5, 5.41) is 3.17. The molecule has 1 aliphatic rings. The molecule has 1 aromatic rings. The highest BCUT2D eigenvalue weighted by molar-refractivity contribution is 5.33. The number of ether oxygens (including phenoxy) is 1. The van der Waals surface area contributed by atoms with E-state index in [2.05, 4.69) is 5.32 Å². The Kier molecular flexibility index (Phi) is 1.98. The van der Waals surface area contributed by atoms with Gasteiger partial charge >= 0.3 is 0 Å². The van der Waals surface area contributed by atoms with E-state index in [1.807, 2.05) is 24.3 Å². The molecule has 1 saturated heterocycles. The molecule has 0 aliphatic carbocycles. The SMILES string of the molecule is COc1ccc(C2(N)CNC2)cc1. The Balaban J connectivity index is 2.22. The molecule has 1 aromatic carbocycles. The summed E-state index contributed by atoms with van der Waals surface area (Å²) < 4.78 is 5.08. The second-order valence-corrected chi connectivity index (χ2v) is 3.49. The van der Waals surface area contributed by atoms with Crippen molar-refractivity contribution >= 4 is 0 Å². The second-order valence-electron chi connectivity index (χ2n) is 3.49. The molecule has 1 fully saturated rings. The van der Waals surface area contributed by atoms with Crippen LogP contribution in [-0.4, -0.2) is 20.2 Å². The quantitative estimate of drug-likeness (QED) is 0.691. The van der Waals surface area contributed by atoms with Crippen molar-refractivity contribution in [2.75, 3.05) is 20.2 Å². The van der Waals surface area contributed by atoms with E-state index in [9.17, 15) is 0 Å². The van der Waals surface area contributed by atoms with Crippen molar-refractivity contribution in [3.8, 4) is 5.75 Å². The molecule has 3 nitrogen and oxygen atoms in total. The average Bonchev–Trinajstić information content (AvgIpc) is 2.14. The minimum Gasteiger partial charge on any atom is -0.497 e. The van der Waals surface area contributed by atoms with Crippen LogP contribution in [0, 0.1) is 0 Å². The van der Waals surface area contributed by atoms with E-state index in [0.29, 0.717) is 0 Å². The van der Waals surface area contributed by atoms with Crippen LogP contribution in [-0.2, 0) is 5.54 Å². The van der Waals surface area contributed by atoms with Crippen molar-refractivity contribution in [3.05, 3.63) is 29.8 Å². The zero-order valence-corrected chi connectivity index (χ0v) is 7.71. The Bertz CT molecular complexity index is 290. The molecule has 3 heteroatoms. The first-order chi connectivity index (χ1) is 6.24. The fourth-order valence-corrected chi connectivity index (χ4v) is 1.52.